The molecule has 2 aliphatic heterocycles. The third-order valence-corrected chi connectivity index (χ3v) is 6.12. The van der Waals surface area contributed by atoms with E-state index < -0.39 is 0 Å². The van der Waals surface area contributed by atoms with Crippen LogP contribution in [0.25, 0.3) is 0 Å². The topological polar surface area (TPSA) is 26.3 Å². The highest BCUT2D eigenvalue weighted by molar-refractivity contribution is 5.69. The third-order valence-electron chi connectivity index (χ3n) is 6.12. The van der Waals surface area contributed by atoms with Crippen molar-refractivity contribution in [3.63, 3.8) is 0 Å². The number of quaternary nitrogens is 1. The first kappa shape index (κ1) is 19.8. The first-order chi connectivity index (χ1) is 11.8. The molecule has 0 aliphatic carbocycles. The van der Waals surface area contributed by atoms with E-state index >= 15 is 0 Å². The van der Waals surface area contributed by atoms with Crippen LogP contribution in [0.1, 0.15) is 103 Å². The van der Waals surface area contributed by atoms with Crippen LogP contribution >= 0.6 is 0 Å². The molecule has 1 spiro atoms. The highest BCUT2D eigenvalue weighted by Gasteiger charge is 2.44. The average molecular weight is 339 g/mol. The van der Waals surface area contributed by atoms with Crippen molar-refractivity contribution in [3.05, 3.63) is 0 Å². The molecule has 0 bridgehead atoms. The van der Waals surface area contributed by atoms with Crippen LogP contribution in [0.2, 0.25) is 0 Å². The molecule has 140 valence electrons. The molecular formula is C21H40NO2+. The zero-order chi connectivity index (χ0) is 17.1. The van der Waals surface area contributed by atoms with Gasteiger partial charge in [0.1, 0.15) is 0 Å². The molecule has 1 unspecified atom stereocenters. The number of rotatable bonds is 11. The number of carbonyl (C=O) groups excluding carboxylic acids is 1. The monoisotopic (exact) mass is 338 g/mol. The third kappa shape index (κ3) is 6.38. The lowest BCUT2D eigenvalue weighted by Gasteiger charge is -2.41. The molecule has 2 aliphatic rings. The average Bonchev–Trinajstić information content (AvgIpc) is 2.95. The van der Waals surface area contributed by atoms with Gasteiger partial charge in [-0.2, -0.15) is 0 Å². The van der Waals surface area contributed by atoms with E-state index in [1.165, 1.54) is 96.7 Å². The molecule has 0 amide bonds. The van der Waals surface area contributed by atoms with E-state index in [0.29, 0.717) is 6.42 Å². The SMILES string of the molecule is CCCCCCCCCCCC(=O)OC1CCC[N+]12CCCCC2. The molecule has 1 atom stereocenters. The lowest BCUT2D eigenvalue weighted by atomic mass is 10.1. The molecule has 0 aromatic carbocycles. The second-order valence-corrected chi connectivity index (χ2v) is 8.12. The van der Waals surface area contributed by atoms with Gasteiger partial charge in [0.2, 0.25) is 6.23 Å². The second-order valence-electron chi connectivity index (χ2n) is 8.12. The van der Waals surface area contributed by atoms with Crippen LogP contribution in [-0.4, -0.2) is 36.3 Å². The number of unbranched alkanes of at least 4 members (excludes halogenated alkanes) is 8. The van der Waals surface area contributed by atoms with Gasteiger partial charge in [-0.25, -0.2) is 0 Å². The smallest absolute Gasteiger partial charge is 0.310 e. The molecule has 0 saturated carbocycles. The van der Waals surface area contributed by atoms with E-state index in [4.69, 9.17) is 4.74 Å². The van der Waals surface area contributed by atoms with Crippen LogP contribution in [0.15, 0.2) is 0 Å². The summed E-state index contributed by atoms with van der Waals surface area (Å²) in [5, 5.41) is 0. The summed E-state index contributed by atoms with van der Waals surface area (Å²) in [5.41, 5.74) is 0. The van der Waals surface area contributed by atoms with Gasteiger partial charge in [-0.1, -0.05) is 58.3 Å². The number of ether oxygens (including phenoxy) is 1. The van der Waals surface area contributed by atoms with Crippen molar-refractivity contribution >= 4 is 5.97 Å². The summed E-state index contributed by atoms with van der Waals surface area (Å²) in [6.45, 7) is 5.96. The van der Waals surface area contributed by atoms with Gasteiger partial charge in [0.15, 0.2) is 0 Å². The molecule has 0 N–H and O–H groups in total. The molecule has 2 saturated heterocycles. The van der Waals surface area contributed by atoms with Gasteiger partial charge in [0.25, 0.3) is 0 Å². The number of carbonyl (C=O) groups is 1. The minimum atomic E-state index is 0.0629. The summed E-state index contributed by atoms with van der Waals surface area (Å²) >= 11 is 0. The predicted molar refractivity (Wildman–Crippen MR) is 99.7 cm³/mol. The number of piperidine rings is 1. The Hall–Kier alpha value is -0.570. The zero-order valence-corrected chi connectivity index (χ0v) is 16.1. The molecule has 2 rings (SSSR count). The molecule has 2 fully saturated rings. The highest BCUT2D eigenvalue weighted by Crippen LogP contribution is 2.32. The van der Waals surface area contributed by atoms with E-state index in [0.717, 1.165) is 17.3 Å². The van der Waals surface area contributed by atoms with Crippen LogP contribution in [0, 0.1) is 0 Å². The van der Waals surface area contributed by atoms with Crippen molar-refractivity contribution in [1.29, 1.82) is 0 Å². The minimum Gasteiger partial charge on any atom is -0.412 e. The van der Waals surface area contributed by atoms with E-state index in [1.807, 2.05) is 0 Å². The van der Waals surface area contributed by atoms with Crippen molar-refractivity contribution in [1.82, 2.24) is 0 Å². The van der Waals surface area contributed by atoms with Crippen molar-refractivity contribution in [2.75, 3.05) is 19.6 Å². The van der Waals surface area contributed by atoms with Gasteiger partial charge in [-0.05, 0) is 25.7 Å². The van der Waals surface area contributed by atoms with E-state index in [1.54, 1.807) is 0 Å². The van der Waals surface area contributed by atoms with Crippen LogP contribution in [-0.2, 0) is 9.53 Å². The summed E-state index contributed by atoms with van der Waals surface area (Å²) in [4.78, 5) is 12.2. The number of esters is 1. The Balaban J connectivity index is 1.52. The number of hydrogen-bond acceptors (Lipinski definition) is 2. The molecule has 2 heterocycles. The lowest BCUT2D eigenvalue weighted by Crippen LogP contribution is -2.56. The maximum atomic E-state index is 12.2. The molecule has 0 aromatic rings. The molecule has 3 nitrogen and oxygen atoms in total. The Bertz CT molecular complexity index is 350. The number of hydrogen-bond donors (Lipinski definition) is 0. The maximum Gasteiger partial charge on any atom is 0.310 e. The van der Waals surface area contributed by atoms with Gasteiger partial charge in [0.05, 0.1) is 19.6 Å². The zero-order valence-electron chi connectivity index (χ0n) is 16.1. The quantitative estimate of drug-likeness (QED) is 0.280. The van der Waals surface area contributed by atoms with Crippen molar-refractivity contribution in [3.8, 4) is 0 Å². The van der Waals surface area contributed by atoms with E-state index in [2.05, 4.69) is 6.92 Å². The summed E-state index contributed by atoms with van der Waals surface area (Å²) in [7, 11) is 0. The van der Waals surface area contributed by atoms with Gasteiger partial charge in [0, 0.05) is 19.3 Å². The maximum absolute atomic E-state index is 12.2. The fraction of sp³-hybridized carbons (Fsp3) is 0.952. The summed E-state index contributed by atoms with van der Waals surface area (Å²) in [6.07, 6.45) is 18.8. The van der Waals surface area contributed by atoms with E-state index in [9.17, 15) is 4.79 Å². The first-order valence-electron chi connectivity index (χ1n) is 10.8. The van der Waals surface area contributed by atoms with Gasteiger partial charge in [-0.15, -0.1) is 0 Å². The van der Waals surface area contributed by atoms with Crippen molar-refractivity contribution in [2.45, 2.75) is 109 Å². The molecule has 0 radical (unpaired) electrons. The Morgan fingerprint density at radius 2 is 1.42 bits per heavy atom. The highest BCUT2D eigenvalue weighted by atomic mass is 16.6. The van der Waals surface area contributed by atoms with E-state index in [-0.39, 0.29) is 12.2 Å². The fourth-order valence-corrected chi connectivity index (χ4v) is 4.61. The standard InChI is InChI=1S/C21H40NO2/c1-2-3-4-5-6-7-8-9-11-16-21(23)24-20-15-14-19-22(20)17-12-10-13-18-22/h20H,2-19H2,1H3/q+1. The van der Waals surface area contributed by atoms with Crippen LogP contribution in [0.4, 0.5) is 0 Å². The summed E-state index contributed by atoms with van der Waals surface area (Å²) < 4.78 is 7.00. The number of nitrogens with zero attached hydrogens (tertiary/aromatic N) is 1. The lowest BCUT2D eigenvalue weighted by molar-refractivity contribution is -0.961. The fourth-order valence-electron chi connectivity index (χ4n) is 4.61. The summed E-state index contributed by atoms with van der Waals surface area (Å²) in [6, 6.07) is 0. The first-order valence-corrected chi connectivity index (χ1v) is 10.8. The molecule has 3 heteroatoms. The molecular weight excluding hydrogens is 298 g/mol. The normalized spacial score (nSPS) is 22.8. The largest absolute Gasteiger partial charge is 0.412 e. The molecule has 24 heavy (non-hydrogen) atoms. The van der Waals surface area contributed by atoms with Crippen molar-refractivity contribution < 1.29 is 14.0 Å². The van der Waals surface area contributed by atoms with Crippen LogP contribution < -0.4 is 0 Å². The van der Waals surface area contributed by atoms with Crippen LogP contribution in [0.3, 0.4) is 0 Å². The Labute approximate surface area is 149 Å². The Morgan fingerprint density at radius 1 is 0.833 bits per heavy atom. The summed E-state index contributed by atoms with van der Waals surface area (Å²) in [5.74, 6) is 0.0629. The predicted octanol–water partition coefficient (Wildman–Crippen LogP) is 5.57. The van der Waals surface area contributed by atoms with Crippen molar-refractivity contribution in [2.24, 2.45) is 0 Å². The van der Waals surface area contributed by atoms with Crippen LogP contribution in [0.5, 0.6) is 0 Å². The Kier molecular flexibility index (Phi) is 9.15. The van der Waals surface area contributed by atoms with Gasteiger partial charge in [-0.3, -0.25) is 9.28 Å². The Morgan fingerprint density at radius 3 is 2.08 bits per heavy atom. The van der Waals surface area contributed by atoms with Gasteiger partial charge >= 0.3 is 5.97 Å². The molecule has 0 aromatic heterocycles. The minimum absolute atomic E-state index is 0.0629. The second kappa shape index (κ2) is 11.1. The van der Waals surface area contributed by atoms with Gasteiger partial charge < -0.3 is 4.74 Å².